The van der Waals surface area contributed by atoms with Crippen molar-refractivity contribution in [2.75, 3.05) is 0 Å². The second-order valence-corrected chi connectivity index (χ2v) is 2.37. The monoisotopic (exact) mass is 186 g/mol. The Morgan fingerprint density at radius 3 is 1.92 bits per heavy atom. The predicted molar refractivity (Wildman–Crippen MR) is 46.8 cm³/mol. The lowest BCUT2D eigenvalue weighted by molar-refractivity contribution is -0.154. The molecule has 0 atom stereocenters. The zero-order valence-corrected chi connectivity index (χ0v) is 6.41. The molecule has 0 amide bonds. The molecular weight excluding hydrogens is 172 g/mol. The first-order valence-electron chi connectivity index (χ1n) is 3.55. The third-order valence-corrected chi connectivity index (χ3v) is 1.44. The highest BCUT2D eigenvalue weighted by molar-refractivity contribution is 5.92. The lowest BCUT2D eigenvalue weighted by atomic mass is 10.0. The van der Waals surface area contributed by atoms with Crippen LogP contribution in [0.25, 0.3) is 0 Å². The predicted octanol–water partition coefficient (Wildman–Crippen LogP) is 0.0458. The summed E-state index contributed by atoms with van der Waals surface area (Å²) in [5, 5.41) is 16.8. The average molecular weight is 186 g/mol. The number of hydrogen-bond acceptors (Lipinski definition) is 2. The summed E-state index contributed by atoms with van der Waals surface area (Å²) in [5.74, 6) is -3.72. The minimum Gasteiger partial charge on any atom is -0.481 e. The summed E-state index contributed by atoms with van der Waals surface area (Å²) in [4.78, 5) is 20.5. The molecule has 0 unspecified atom stereocenters. The maximum absolute atomic E-state index is 10.3. The molecule has 0 aliphatic carbocycles. The van der Waals surface area contributed by atoms with E-state index in [2.05, 4.69) is 0 Å². The molecule has 0 aromatic heterocycles. The lowest BCUT2D eigenvalue weighted by Crippen LogP contribution is -2.22. The third-order valence-electron chi connectivity index (χ3n) is 1.44. The van der Waals surface area contributed by atoms with Crippen LogP contribution in [-0.2, 0) is 9.59 Å². The van der Waals surface area contributed by atoms with E-state index in [4.69, 9.17) is 10.2 Å². The average Bonchev–Trinajstić information content (AvgIpc) is 1.87. The highest BCUT2D eigenvalue weighted by Gasteiger charge is 2.24. The lowest BCUT2D eigenvalue weighted by Gasteiger charge is -2.04. The van der Waals surface area contributed by atoms with E-state index in [1.165, 1.54) is 0 Å². The van der Waals surface area contributed by atoms with E-state index in [0.29, 0.717) is 6.42 Å². The molecular formula is C7H14MgO4. The number of carboxylic acids is 2. The van der Waals surface area contributed by atoms with Crippen LogP contribution in [0.4, 0.5) is 0 Å². The topological polar surface area (TPSA) is 74.6 Å². The summed E-state index contributed by atoms with van der Waals surface area (Å²) in [6.07, 6.45) is 1.68. The first-order chi connectivity index (χ1) is 5.09. The van der Waals surface area contributed by atoms with Gasteiger partial charge in [-0.1, -0.05) is 19.8 Å². The fourth-order valence-electron chi connectivity index (χ4n) is 0.761. The summed E-state index contributed by atoms with van der Waals surface area (Å²) >= 11 is 0. The van der Waals surface area contributed by atoms with Gasteiger partial charge >= 0.3 is 35.0 Å². The van der Waals surface area contributed by atoms with Gasteiger partial charge in [-0.3, -0.25) is 9.59 Å². The number of aliphatic carboxylic acids is 2. The molecule has 2 N–H and O–H groups in total. The van der Waals surface area contributed by atoms with E-state index in [9.17, 15) is 9.59 Å². The first kappa shape index (κ1) is 14.2. The molecule has 0 fully saturated rings. The van der Waals surface area contributed by atoms with E-state index in [0.717, 1.165) is 6.42 Å². The zero-order valence-electron chi connectivity index (χ0n) is 6.41. The van der Waals surface area contributed by atoms with Crippen molar-refractivity contribution in [1.82, 2.24) is 0 Å². The molecule has 0 saturated carbocycles. The Kier molecular flexibility index (Phi) is 8.74. The smallest absolute Gasteiger partial charge is 0.317 e. The van der Waals surface area contributed by atoms with Crippen LogP contribution in [0.2, 0.25) is 0 Å². The van der Waals surface area contributed by atoms with Crippen molar-refractivity contribution in [3.63, 3.8) is 0 Å². The first-order valence-corrected chi connectivity index (χ1v) is 3.55. The van der Waals surface area contributed by atoms with Crippen LogP contribution in [0.3, 0.4) is 0 Å². The van der Waals surface area contributed by atoms with Gasteiger partial charge in [0.2, 0.25) is 0 Å². The zero-order chi connectivity index (χ0) is 8.85. The molecule has 0 rings (SSSR count). The standard InChI is InChI=1S/C7H12O4.Mg.2H/c1-2-3-4-5(6(8)9)7(10)11;;;/h5H,2-4H2,1H3,(H,8,9)(H,10,11);;;. The van der Waals surface area contributed by atoms with E-state index in [1.807, 2.05) is 6.92 Å². The highest BCUT2D eigenvalue weighted by Crippen LogP contribution is 2.08. The van der Waals surface area contributed by atoms with Crippen molar-refractivity contribution in [3.05, 3.63) is 0 Å². The molecule has 68 valence electrons. The van der Waals surface area contributed by atoms with Crippen molar-refractivity contribution in [2.24, 2.45) is 5.92 Å². The van der Waals surface area contributed by atoms with Gasteiger partial charge in [-0.2, -0.15) is 0 Å². The number of rotatable bonds is 5. The van der Waals surface area contributed by atoms with E-state index >= 15 is 0 Å². The van der Waals surface area contributed by atoms with Crippen LogP contribution in [0.15, 0.2) is 0 Å². The molecule has 0 aromatic rings. The molecule has 4 nitrogen and oxygen atoms in total. The Labute approximate surface area is 87.1 Å². The van der Waals surface area contributed by atoms with Crippen LogP contribution in [0.1, 0.15) is 26.2 Å². The van der Waals surface area contributed by atoms with Crippen LogP contribution in [-0.4, -0.2) is 45.2 Å². The highest BCUT2D eigenvalue weighted by atomic mass is 24.3. The maximum Gasteiger partial charge on any atom is 0.317 e. The van der Waals surface area contributed by atoms with E-state index in [-0.39, 0.29) is 29.5 Å². The number of unbranched alkanes of at least 4 members (excludes halogenated alkanes) is 1. The molecule has 0 heterocycles. The molecule has 0 aromatic carbocycles. The largest absolute Gasteiger partial charge is 0.481 e. The van der Waals surface area contributed by atoms with Gasteiger partial charge in [-0.25, -0.2) is 0 Å². The Bertz CT molecular complexity index is 143. The molecule has 0 saturated heterocycles. The van der Waals surface area contributed by atoms with Crippen LogP contribution >= 0.6 is 0 Å². The van der Waals surface area contributed by atoms with Gasteiger partial charge in [0.1, 0.15) is 0 Å². The molecule has 0 aliphatic heterocycles. The maximum atomic E-state index is 10.3. The second-order valence-electron chi connectivity index (χ2n) is 2.37. The van der Waals surface area contributed by atoms with Crippen LogP contribution in [0, 0.1) is 5.92 Å². The Balaban J connectivity index is 0. The fourth-order valence-corrected chi connectivity index (χ4v) is 0.761. The molecule has 0 spiro atoms. The molecule has 0 aliphatic rings. The van der Waals surface area contributed by atoms with E-state index in [1.54, 1.807) is 0 Å². The Morgan fingerprint density at radius 1 is 1.25 bits per heavy atom. The van der Waals surface area contributed by atoms with E-state index < -0.39 is 17.9 Å². The minimum absolute atomic E-state index is 0. The number of carbonyl (C=O) groups is 2. The van der Waals surface area contributed by atoms with Gasteiger partial charge < -0.3 is 10.2 Å². The molecule has 0 bridgehead atoms. The second kappa shape index (κ2) is 7.36. The van der Waals surface area contributed by atoms with Gasteiger partial charge in [0.15, 0.2) is 5.92 Å². The SMILES string of the molecule is CCCCC(C(=O)O)C(=O)O.[MgH2]. The normalized spacial score (nSPS) is 9.17. The molecule has 0 radical (unpaired) electrons. The molecule has 5 heteroatoms. The van der Waals surface area contributed by atoms with Crippen molar-refractivity contribution in [1.29, 1.82) is 0 Å². The van der Waals surface area contributed by atoms with Gasteiger partial charge in [-0.15, -0.1) is 0 Å². The summed E-state index contributed by atoms with van der Waals surface area (Å²) in [6, 6.07) is 0. The summed E-state index contributed by atoms with van der Waals surface area (Å²) in [6.45, 7) is 1.89. The quantitative estimate of drug-likeness (QED) is 0.470. The van der Waals surface area contributed by atoms with Crippen LogP contribution < -0.4 is 0 Å². The Hall–Kier alpha value is -0.294. The number of hydrogen-bond donors (Lipinski definition) is 2. The van der Waals surface area contributed by atoms with Gasteiger partial charge in [-0.05, 0) is 6.42 Å². The Morgan fingerprint density at radius 2 is 1.67 bits per heavy atom. The van der Waals surface area contributed by atoms with Crippen molar-refractivity contribution in [2.45, 2.75) is 26.2 Å². The van der Waals surface area contributed by atoms with Gasteiger partial charge in [0.25, 0.3) is 0 Å². The van der Waals surface area contributed by atoms with Crippen molar-refractivity contribution >= 4 is 35.0 Å². The van der Waals surface area contributed by atoms with Crippen molar-refractivity contribution < 1.29 is 19.8 Å². The van der Waals surface area contributed by atoms with Crippen molar-refractivity contribution in [3.8, 4) is 0 Å². The minimum atomic E-state index is -1.24. The fraction of sp³-hybridized carbons (Fsp3) is 0.714. The van der Waals surface area contributed by atoms with Gasteiger partial charge in [0.05, 0.1) is 0 Å². The summed E-state index contributed by atoms with van der Waals surface area (Å²) in [7, 11) is 0. The van der Waals surface area contributed by atoms with Crippen LogP contribution in [0.5, 0.6) is 0 Å². The third kappa shape index (κ3) is 5.37. The summed E-state index contributed by atoms with van der Waals surface area (Å²) in [5.41, 5.74) is 0. The molecule has 12 heavy (non-hydrogen) atoms. The van der Waals surface area contributed by atoms with Gasteiger partial charge in [0, 0.05) is 0 Å². The number of carboxylic acid groups (broad SMARTS) is 2. The summed E-state index contributed by atoms with van der Waals surface area (Å²) < 4.78 is 0.